The summed E-state index contributed by atoms with van der Waals surface area (Å²) in [6, 6.07) is 0. The third-order valence-electron chi connectivity index (χ3n) is 3.97. The summed E-state index contributed by atoms with van der Waals surface area (Å²) in [4.78, 5) is 2.07. The summed E-state index contributed by atoms with van der Waals surface area (Å²) in [5, 5.41) is 2.09. The van der Waals surface area contributed by atoms with Crippen LogP contribution in [0, 0.1) is 0 Å². The minimum Gasteiger partial charge on any atom is -0.748 e. The molecule has 12 heteroatoms. The van der Waals surface area contributed by atoms with Crippen LogP contribution in [0.1, 0.15) is 12.8 Å². The van der Waals surface area contributed by atoms with Crippen LogP contribution in [-0.2, 0) is 20.2 Å². The molecule has 0 radical (unpaired) electrons. The predicted molar refractivity (Wildman–Crippen MR) is 107 cm³/mol. The van der Waals surface area contributed by atoms with Crippen molar-refractivity contribution in [1.82, 2.24) is 4.90 Å². The van der Waals surface area contributed by atoms with E-state index in [0.29, 0.717) is 25.9 Å². The van der Waals surface area contributed by atoms with Gasteiger partial charge in [0.15, 0.2) is 6.54 Å². The maximum Gasteiger partial charge on any atom is 0.234 e. The summed E-state index contributed by atoms with van der Waals surface area (Å²) in [6.07, 6.45) is 6.50. The zero-order valence-corrected chi connectivity index (χ0v) is 18.0. The molecule has 2 aliphatic heterocycles. The fourth-order valence-electron chi connectivity index (χ4n) is 2.75. The summed E-state index contributed by atoms with van der Waals surface area (Å²) in [7, 11) is -8.34. The van der Waals surface area contributed by atoms with Crippen LogP contribution >= 0.6 is 23.5 Å². The quantitative estimate of drug-likeness (QED) is 0.342. The van der Waals surface area contributed by atoms with Gasteiger partial charge in [0.05, 0.1) is 31.0 Å². The fourth-order valence-corrected chi connectivity index (χ4v) is 5.84. The summed E-state index contributed by atoms with van der Waals surface area (Å²) >= 11 is 3.37. The van der Waals surface area contributed by atoms with E-state index >= 15 is 0 Å². The van der Waals surface area contributed by atoms with E-state index < -0.39 is 20.2 Å². The second kappa shape index (κ2) is 10.3. The average Bonchev–Trinajstić information content (AvgIpc) is 3.15. The molecule has 0 unspecified atom stereocenters. The first kappa shape index (κ1) is 22.8. The largest absolute Gasteiger partial charge is 0.748 e. The lowest BCUT2D eigenvalue weighted by atomic mass is 10.4. The van der Waals surface area contributed by atoms with Crippen LogP contribution in [0.15, 0.2) is 23.3 Å². The van der Waals surface area contributed by atoms with Crippen molar-refractivity contribution >= 4 is 48.8 Å². The number of thioether (sulfide) groups is 2. The van der Waals surface area contributed by atoms with E-state index in [1.807, 2.05) is 18.2 Å². The second-order valence-corrected chi connectivity index (χ2v) is 11.4. The molecule has 2 rings (SSSR count). The van der Waals surface area contributed by atoms with Crippen molar-refractivity contribution in [3.63, 3.8) is 0 Å². The molecule has 154 valence electrons. The fraction of sp³-hybridized carbons (Fsp3) is 0.667. The first-order valence-electron chi connectivity index (χ1n) is 8.52. The highest BCUT2D eigenvalue weighted by atomic mass is 32.2. The van der Waals surface area contributed by atoms with Gasteiger partial charge in [-0.2, -0.15) is 0 Å². The molecular formula is C15H23N2O6S4-. The van der Waals surface area contributed by atoms with Crippen LogP contribution in [0.25, 0.3) is 0 Å². The minimum atomic E-state index is -4.17. The normalized spacial score (nSPS) is 20.5. The van der Waals surface area contributed by atoms with Crippen LogP contribution < -0.4 is 0 Å². The van der Waals surface area contributed by atoms with Gasteiger partial charge in [0, 0.05) is 42.8 Å². The molecule has 0 aliphatic carbocycles. The van der Waals surface area contributed by atoms with E-state index in [2.05, 4.69) is 9.48 Å². The van der Waals surface area contributed by atoms with Crippen molar-refractivity contribution in [2.24, 2.45) is 0 Å². The molecule has 0 aromatic heterocycles. The molecule has 0 saturated carbocycles. The van der Waals surface area contributed by atoms with Crippen molar-refractivity contribution < 1.29 is 30.5 Å². The smallest absolute Gasteiger partial charge is 0.234 e. The van der Waals surface area contributed by atoms with Crippen LogP contribution in [-0.4, -0.2) is 89.7 Å². The van der Waals surface area contributed by atoms with E-state index in [1.54, 1.807) is 23.5 Å². The van der Waals surface area contributed by atoms with Gasteiger partial charge in [0.2, 0.25) is 5.04 Å². The zero-order chi connectivity index (χ0) is 19.9. The van der Waals surface area contributed by atoms with Crippen molar-refractivity contribution in [2.75, 3.05) is 49.2 Å². The monoisotopic (exact) mass is 455 g/mol. The summed E-state index contributed by atoms with van der Waals surface area (Å²) in [6.45, 7) is 2.72. The average molecular weight is 456 g/mol. The third-order valence-corrected chi connectivity index (χ3v) is 7.70. The van der Waals surface area contributed by atoms with E-state index in [0.717, 1.165) is 34.7 Å². The maximum atomic E-state index is 10.7. The third kappa shape index (κ3) is 9.01. The van der Waals surface area contributed by atoms with Gasteiger partial charge in [0.25, 0.3) is 0 Å². The zero-order valence-electron chi connectivity index (χ0n) is 14.8. The molecule has 1 fully saturated rings. The molecule has 2 aliphatic rings. The Kier molecular flexibility index (Phi) is 8.69. The van der Waals surface area contributed by atoms with Crippen LogP contribution in [0.3, 0.4) is 0 Å². The summed E-state index contributed by atoms with van der Waals surface area (Å²) < 4.78 is 66.3. The van der Waals surface area contributed by atoms with Crippen molar-refractivity contribution in [3.8, 4) is 0 Å². The topological polar surface area (TPSA) is 121 Å². The molecule has 0 atom stereocenters. The number of allylic oxidation sites excluding steroid dienone is 2. The van der Waals surface area contributed by atoms with Crippen LogP contribution in [0.2, 0.25) is 0 Å². The SMILES string of the molecule is O=S(=O)([O-])CCCN1CCS/C1=C\C=C\C1=[N+](CCCS(=O)(=O)[O-])CCS1. The van der Waals surface area contributed by atoms with Crippen molar-refractivity contribution in [2.45, 2.75) is 12.8 Å². The Morgan fingerprint density at radius 2 is 1.74 bits per heavy atom. The summed E-state index contributed by atoms with van der Waals surface area (Å²) in [5.41, 5.74) is 0. The van der Waals surface area contributed by atoms with Gasteiger partial charge in [-0.15, -0.1) is 11.8 Å². The second-order valence-electron chi connectivity index (χ2n) is 6.10. The molecule has 8 nitrogen and oxygen atoms in total. The molecular weight excluding hydrogens is 432 g/mol. The Morgan fingerprint density at radius 1 is 1.04 bits per heavy atom. The van der Waals surface area contributed by atoms with E-state index in [4.69, 9.17) is 0 Å². The van der Waals surface area contributed by atoms with E-state index in [9.17, 15) is 25.9 Å². The lowest BCUT2D eigenvalue weighted by Gasteiger charge is -2.19. The highest BCUT2D eigenvalue weighted by Crippen LogP contribution is 2.27. The lowest BCUT2D eigenvalue weighted by molar-refractivity contribution is -0.516. The Balaban J connectivity index is 1.90. The van der Waals surface area contributed by atoms with Gasteiger partial charge in [-0.05, 0) is 12.5 Å². The Bertz CT molecular complexity index is 817. The molecule has 2 heterocycles. The number of nitrogens with zero attached hydrogens (tertiary/aromatic N) is 2. The first-order chi connectivity index (χ1) is 12.6. The van der Waals surface area contributed by atoms with E-state index in [-0.39, 0.29) is 11.5 Å². The molecule has 0 aromatic rings. The maximum absolute atomic E-state index is 10.7. The molecule has 0 bridgehead atoms. The van der Waals surface area contributed by atoms with Gasteiger partial charge in [-0.1, -0.05) is 17.8 Å². The van der Waals surface area contributed by atoms with E-state index in [1.165, 1.54) is 0 Å². The minimum absolute atomic E-state index is 0.317. The Hall–Kier alpha value is -0.530. The van der Waals surface area contributed by atoms with Gasteiger partial charge >= 0.3 is 0 Å². The molecule has 1 saturated heterocycles. The Morgan fingerprint density at radius 3 is 2.44 bits per heavy atom. The van der Waals surface area contributed by atoms with Gasteiger partial charge in [-0.25, -0.2) is 21.4 Å². The summed E-state index contributed by atoms with van der Waals surface area (Å²) in [5.74, 6) is 1.15. The first-order valence-corrected chi connectivity index (χ1v) is 13.6. The highest BCUT2D eigenvalue weighted by Gasteiger charge is 2.21. The molecule has 27 heavy (non-hydrogen) atoms. The standard InChI is InChI=1S/C15H24N2O6S4/c18-26(19,20)12-2-6-16-8-10-24-14(16)4-1-5-15-17(9-11-25-15)7-3-13-27(21,22)23/h1,4-5H,2-3,6-13H2,(H-,18,19,20,21,22,23)/p-1. The van der Waals surface area contributed by atoms with Gasteiger partial charge in [-0.3, -0.25) is 0 Å². The number of rotatable bonds is 10. The lowest BCUT2D eigenvalue weighted by Crippen LogP contribution is -2.21. The van der Waals surface area contributed by atoms with Crippen molar-refractivity contribution in [3.05, 3.63) is 23.3 Å². The van der Waals surface area contributed by atoms with Gasteiger partial charge in [0.1, 0.15) is 6.54 Å². The van der Waals surface area contributed by atoms with Crippen LogP contribution in [0.5, 0.6) is 0 Å². The van der Waals surface area contributed by atoms with Crippen molar-refractivity contribution in [1.29, 1.82) is 0 Å². The molecule has 0 spiro atoms. The highest BCUT2D eigenvalue weighted by molar-refractivity contribution is 8.14. The molecule has 0 N–H and O–H groups in total. The Labute approximate surface area is 169 Å². The molecule has 0 amide bonds. The van der Waals surface area contributed by atoms with Gasteiger partial charge < -0.3 is 14.0 Å². The van der Waals surface area contributed by atoms with Crippen LogP contribution in [0.4, 0.5) is 0 Å². The molecule has 0 aromatic carbocycles. The number of hydrogen-bond acceptors (Lipinski definition) is 9. The number of hydrogen-bond donors (Lipinski definition) is 0. The predicted octanol–water partition coefficient (Wildman–Crippen LogP) is 0.461.